The molecule has 468 valence electrons. The van der Waals surface area contributed by atoms with Crippen molar-refractivity contribution in [2.45, 2.75) is 187 Å². The number of carbonyl (C=O) groups is 9. The van der Waals surface area contributed by atoms with Gasteiger partial charge >= 0.3 is 6.09 Å². The molecule has 0 spiro atoms. The highest BCUT2D eigenvalue weighted by Gasteiger charge is 2.44. The first kappa shape index (κ1) is 69.8. The number of benzene rings is 2. The lowest BCUT2D eigenvalue weighted by Crippen LogP contribution is -2.60. The fourth-order valence-corrected chi connectivity index (χ4v) is 11.4. The number of likely N-dealkylation sites (N-methyl/N-ethyl adjacent to an activating group) is 2. The molecular formula is C61H96N10O13. The maximum absolute atomic E-state index is 14.7. The Kier molecular flexibility index (Phi) is 27.0. The summed E-state index contributed by atoms with van der Waals surface area (Å²) in [5.41, 5.74) is 12.8. The first-order chi connectivity index (χ1) is 39.6. The van der Waals surface area contributed by atoms with Crippen molar-refractivity contribution in [2.75, 3.05) is 46.7 Å². The van der Waals surface area contributed by atoms with Gasteiger partial charge in [0.2, 0.25) is 47.3 Å². The molecule has 9 N–H and O–H groups in total. The van der Waals surface area contributed by atoms with Crippen molar-refractivity contribution in [3.8, 4) is 0 Å². The zero-order chi connectivity index (χ0) is 62.9. The number of amides is 9. The number of likely N-dealkylation sites (tertiary alicyclic amines) is 2. The van der Waals surface area contributed by atoms with Gasteiger partial charge in [-0.05, 0) is 79.5 Å². The highest BCUT2D eigenvalue weighted by atomic mass is 16.6. The summed E-state index contributed by atoms with van der Waals surface area (Å²) in [4.78, 5) is 128. The monoisotopic (exact) mass is 1180 g/mol. The Bertz CT molecular complexity index is 2540. The van der Waals surface area contributed by atoms with Crippen LogP contribution >= 0.6 is 0 Å². The van der Waals surface area contributed by atoms with Gasteiger partial charge in [-0.15, -0.1) is 0 Å². The summed E-state index contributed by atoms with van der Waals surface area (Å²) in [5.74, 6) is -5.86. The number of nitrogens with one attached hydrogen (secondary N) is 4. The van der Waals surface area contributed by atoms with Crippen LogP contribution < -0.4 is 32.7 Å². The molecule has 13 atom stereocenters. The lowest BCUT2D eigenvalue weighted by molar-refractivity contribution is -0.148. The van der Waals surface area contributed by atoms with Crippen molar-refractivity contribution in [3.05, 3.63) is 65.7 Å². The fourth-order valence-electron chi connectivity index (χ4n) is 11.4. The van der Waals surface area contributed by atoms with E-state index < -0.39 is 126 Å². The minimum absolute atomic E-state index is 0.0791. The number of ether oxygens (including phenoxy) is 3. The molecule has 4 rings (SSSR count). The number of methoxy groups -OCH3 is 2. The molecule has 0 radical (unpaired) electrons. The predicted octanol–water partition coefficient (Wildman–Crippen LogP) is 3.85. The highest BCUT2D eigenvalue weighted by Crippen LogP contribution is 2.31. The fraction of sp³-hybridized carbons (Fsp3) is 0.656. The molecule has 0 aliphatic carbocycles. The van der Waals surface area contributed by atoms with E-state index >= 15 is 0 Å². The Balaban J connectivity index is 1.38. The molecule has 2 aliphatic heterocycles. The number of rotatable bonds is 30. The highest BCUT2D eigenvalue weighted by molar-refractivity contribution is 5.99. The number of aliphatic hydroxyl groups is 1. The smallest absolute Gasteiger partial charge is 0.410 e. The van der Waals surface area contributed by atoms with Crippen molar-refractivity contribution in [3.63, 3.8) is 0 Å². The van der Waals surface area contributed by atoms with E-state index in [0.717, 1.165) is 0 Å². The number of nitrogens with zero attached hydrogens (tertiary/aromatic N) is 4. The molecule has 1 unspecified atom stereocenters. The van der Waals surface area contributed by atoms with Crippen molar-refractivity contribution in [1.29, 1.82) is 0 Å². The number of carbonyl (C=O) groups excluding carboxylic acids is 9. The second-order valence-corrected chi connectivity index (χ2v) is 23.7. The van der Waals surface area contributed by atoms with Gasteiger partial charge in [-0.3, -0.25) is 43.3 Å². The summed E-state index contributed by atoms with van der Waals surface area (Å²) in [7, 11) is 6.11. The predicted molar refractivity (Wildman–Crippen MR) is 317 cm³/mol. The van der Waals surface area contributed by atoms with E-state index in [-0.39, 0.29) is 49.6 Å². The maximum Gasteiger partial charge on any atom is 0.410 e. The van der Waals surface area contributed by atoms with Crippen LogP contribution in [-0.4, -0.2) is 180 Å². The van der Waals surface area contributed by atoms with Crippen LogP contribution in [0.5, 0.6) is 0 Å². The number of anilines is 1. The Morgan fingerprint density at radius 1 is 0.714 bits per heavy atom. The van der Waals surface area contributed by atoms with Crippen molar-refractivity contribution >= 4 is 59.0 Å². The summed E-state index contributed by atoms with van der Waals surface area (Å²) in [5, 5.41) is 22.4. The van der Waals surface area contributed by atoms with E-state index in [0.29, 0.717) is 55.5 Å². The van der Waals surface area contributed by atoms with E-state index in [9.17, 15) is 48.3 Å². The largest absolute Gasteiger partial charge is 0.445 e. The Labute approximate surface area is 496 Å². The normalized spacial score (nSPS) is 19.2. The third-order valence-corrected chi connectivity index (χ3v) is 16.5. The van der Waals surface area contributed by atoms with Gasteiger partial charge in [0.1, 0.15) is 30.8 Å². The second-order valence-electron chi connectivity index (χ2n) is 23.7. The topological polar surface area (TPSA) is 315 Å². The lowest BCUT2D eigenvalue weighted by atomic mass is 9.89. The van der Waals surface area contributed by atoms with Crippen LogP contribution in [0.3, 0.4) is 0 Å². The number of aliphatic hydroxyl groups excluding tert-OH is 1. The molecule has 2 heterocycles. The molecule has 84 heavy (non-hydrogen) atoms. The molecule has 2 aromatic rings. The minimum atomic E-state index is -1.18. The molecule has 23 heteroatoms. The molecule has 0 saturated carbocycles. The van der Waals surface area contributed by atoms with E-state index in [1.165, 1.54) is 31.1 Å². The van der Waals surface area contributed by atoms with E-state index in [2.05, 4.69) is 21.3 Å². The van der Waals surface area contributed by atoms with Gasteiger partial charge in [0, 0.05) is 47.1 Å². The molecule has 2 fully saturated rings. The Hall–Kier alpha value is -6.69. The van der Waals surface area contributed by atoms with Crippen LogP contribution in [-0.2, 0) is 59.2 Å². The van der Waals surface area contributed by atoms with Gasteiger partial charge in [-0.25, -0.2) is 4.79 Å². The summed E-state index contributed by atoms with van der Waals surface area (Å²) in [6.45, 7) is 18.7. The zero-order valence-corrected chi connectivity index (χ0v) is 51.8. The van der Waals surface area contributed by atoms with Crippen LogP contribution in [0.25, 0.3) is 0 Å². The molecular weight excluding hydrogens is 1080 g/mol. The quantitative estimate of drug-likeness (QED) is 0.0585. The number of hydrogen-bond acceptors (Lipinski definition) is 14. The minimum Gasteiger partial charge on any atom is -0.445 e. The van der Waals surface area contributed by atoms with Crippen LogP contribution in [0.15, 0.2) is 54.6 Å². The molecule has 2 aromatic carbocycles. The molecule has 0 aromatic heterocycles. The standard InChI is InChI=1S/C61H96N10O13/c1-15-37(8)52(46(82-13)32-48(73)70-29-19-23-44(70)54(83-14)38(9)55(75)64-39(10)53(74)41-21-17-16-18-22-41)68(11)60(80)50(35(4)5)67-58(78)51(36(6)7)69(12)61(81)84-33-40-25-27-42(28-26-40)65-57(77)49(34(2)3)66-56(76)45-24-20-30-71(45)59(79)43(62)31-47(63)72/h16-18,21-22,25-28,34-39,43-46,49-54,74H,15,19-20,23-24,29-33,62H2,1-14H3,(H2,63,72)(H,64,75)(H,65,77)(H,66,76)(H,67,78)/t37-,38+,39+,43-,44-,45?,46+,49-,50-,51-,52-,53+,54+/m0/s1. The van der Waals surface area contributed by atoms with Crippen LogP contribution in [0.1, 0.15) is 131 Å². The third-order valence-electron chi connectivity index (χ3n) is 16.5. The Morgan fingerprint density at radius 3 is 1.88 bits per heavy atom. The zero-order valence-electron chi connectivity index (χ0n) is 51.8. The van der Waals surface area contributed by atoms with Crippen LogP contribution in [0.4, 0.5) is 10.5 Å². The third kappa shape index (κ3) is 18.4. The molecule has 2 saturated heterocycles. The van der Waals surface area contributed by atoms with Gasteiger partial charge in [0.25, 0.3) is 0 Å². The van der Waals surface area contributed by atoms with Crippen molar-refractivity contribution in [2.24, 2.45) is 41.1 Å². The summed E-state index contributed by atoms with van der Waals surface area (Å²) in [6.07, 6.45) is -0.770. The van der Waals surface area contributed by atoms with E-state index in [4.69, 9.17) is 25.7 Å². The molecule has 9 amide bonds. The van der Waals surface area contributed by atoms with Gasteiger partial charge in [-0.1, -0.05) is 111 Å². The maximum atomic E-state index is 14.7. The molecule has 23 nitrogen and oxygen atoms in total. The molecule has 2 aliphatic rings. The second kappa shape index (κ2) is 32.6. The van der Waals surface area contributed by atoms with E-state index in [1.54, 1.807) is 94.8 Å². The average Bonchev–Trinajstić information content (AvgIpc) is 4.35. The number of primary amides is 1. The van der Waals surface area contributed by atoms with E-state index in [1.807, 2.05) is 45.9 Å². The van der Waals surface area contributed by atoms with Crippen LogP contribution in [0, 0.1) is 29.6 Å². The first-order valence-corrected chi connectivity index (χ1v) is 29.5. The first-order valence-electron chi connectivity index (χ1n) is 29.5. The molecule has 0 bridgehead atoms. The van der Waals surface area contributed by atoms with Crippen molar-refractivity contribution in [1.82, 2.24) is 35.6 Å². The summed E-state index contributed by atoms with van der Waals surface area (Å²) >= 11 is 0. The Morgan fingerprint density at radius 2 is 1.32 bits per heavy atom. The number of hydrogen-bond donors (Lipinski definition) is 7. The number of nitrogens with two attached hydrogens (primary N) is 2. The summed E-state index contributed by atoms with van der Waals surface area (Å²) < 4.78 is 17.7. The summed E-state index contributed by atoms with van der Waals surface area (Å²) in [6, 6.07) is 8.83. The van der Waals surface area contributed by atoms with Crippen LogP contribution in [0.2, 0.25) is 0 Å². The SMILES string of the molecule is CC[C@H](C)[C@@H]([C@@H](CC(=O)N1CCC[C@H]1[C@H](OC)[C@@H](C)C(=O)N[C@H](C)[C@@H](O)c1ccccc1)OC)N(C)C(=O)[C@@H](NC(=O)[C@H](C(C)C)N(C)C(=O)OCc1ccc(NC(=O)[C@@H](NC(=O)C2CCCN2C(=O)[C@@H](N)CC(N)=O)C(C)C)cc1)C(C)C. The van der Waals surface area contributed by atoms with Gasteiger partial charge in [0.15, 0.2) is 0 Å². The van der Waals surface area contributed by atoms with Gasteiger partial charge in [-0.2, -0.15) is 0 Å². The van der Waals surface area contributed by atoms with Gasteiger partial charge < -0.3 is 66.8 Å². The average molecular weight is 1180 g/mol. The lowest BCUT2D eigenvalue weighted by Gasteiger charge is -2.41. The van der Waals surface area contributed by atoms with Crippen molar-refractivity contribution < 1.29 is 62.5 Å². The van der Waals surface area contributed by atoms with Gasteiger partial charge in [0.05, 0.1) is 61.2 Å².